The van der Waals surface area contributed by atoms with Crippen LogP contribution in [-0.4, -0.2) is 48.3 Å². The normalized spacial score (nSPS) is 17.6. The molecule has 1 aliphatic heterocycles. The van der Waals surface area contributed by atoms with Crippen LogP contribution in [0.3, 0.4) is 0 Å². The Morgan fingerprint density at radius 3 is 2.70 bits per heavy atom. The third kappa shape index (κ3) is 4.94. The second-order valence-electron chi connectivity index (χ2n) is 5.92. The number of hydrogen-bond donors (Lipinski definition) is 0. The number of carbonyl (C=O) groups excluding carboxylic acids is 1. The topological polar surface area (TPSA) is 51.7 Å². The largest absolute Gasteiger partial charge is 0.467 e. The standard InChI is InChI=1S/C18H16F4N2O3/c19-13-5-3-12(4-6-13)15-10-24(8-9-26-15)17(25)14-2-1-7-23-16(14)27-11-18(20,21)22/h1-7,15H,8-11H2. The molecule has 0 N–H and O–H groups in total. The van der Waals surface area contributed by atoms with E-state index in [1.54, 1.807) is 12.1 Å². The molecule has 3 rings (SSSR count). The van der Waals surface area contributed by atoms with E-state index in [2.05, 4.69) is 9.72 Å². The maximum Gasteiger partial charge on any atom is 0.422 e. The van der Waals surface area contributed by atoms with Gasteiger partial charge in [0.1, 0.15) is 17.5 Å². The van der Waals surface area contributed by atoms with Crippen LogP contribution in [0.1, 0.15) is 22.0 Å². The molecule has 1 amide bonds. The van der Waals surface area contributed by atoms with Crippen molar-refractivity contribution in [1.29, 1.82) is 0 Å². The summed E-state index contributed by atoms with van der Waals surface area (Å²) in [6, 6.07) is 8.54. The molecule has 5 nitrogen and oxygen atoms in total. The molecule has 1 aromatic heterocycles. The van der Waals surface area contributed by atoms with E-state index in [-0.39, 0.29) is 37.0 Å². The van der Waals surface area contributed by atoms with E-state index in [0.717, 1.165) is 0 Å². The van der Waals surface area contributed by atoms with Crippen molar-refractivity contribution in [2.24, 2.45) is 0 Å². The Bertz CT molecular complexity index is 796. The van der Waals surface area contributed by atoms with Gasteiger partial charge < -0.3 is 14.4 Å². The van der Waals surface area contributed by atoms with Crippen LogP contribution in [0.2, 0.25) is 0 Å². The number of aromatic nitrogens is 1. The van der Waals surface area contributed by atoms with E-state index in [9.17, 15) is 22.4 Å². The fraction of sp³-hybridized carbons (Fsp3) is 0.333. The molecule has 1 aromatic carbocycles. The van der Waals surface area contributed by atoms with E-state index >= 15 is 0 Å². The first kappa shape index (κ1) is 19.1. The highest BCUT2D eigenvalue weighted by atomic mass is 19.4. The molecular weight excluding hydrogens is 368 g/mol. The molecule has 1 aliphatic rings. The minimum Gasteiger partial charge on any atom is -0.467 e. The number of carbonyl (C=O) groups is 1. The monoisotopic (exact) mass is 384 g/mol. The van der Waals surface area contributed by atoms with Crippen molar-refractivity contribution < 1.29 is 31.8 Å². The van der Waals surface area contributed by atoms with Crippen molar-refractivity contribution in [1.82, 2.24) is 9.88 Å². The molecule has 2 aromatic rings. The zero-order valence-corrected chi connectivity index (χ0v) is 14.1. The zero-order valence-electron chi connectivity index (χ0n) is 14.1. The molecule has 144 valence electrons. The molecule has 1 saturated heterocycles. The van der Waals surface area contributed by atoms with Crippen LogP contribution >= 0.6 is 0 Å². The second-order valence-corrected chi connectivity index (χ2v) is 5.92. The van der Waals surface area contributed by atoms with Gasteiger partial charge in [0.25, 0.3) is 5.91 Å². The van der Waals surface area contributed by atoms with Crippen molar-refractivity contribution in [3.63, 3.8) is 0 Å². The first-order valence-electron chi connectivity index (χ1n) is 8.14. The second kappa shape index (κ2) is 7.91. The van der Waals surface area contributed by atoms with Gasteiger partial charge in [-0.25, -0.2) is 9.37 Å². The highest BCUT2D eigenvalue weighted by Crippen LogP contribution is 2.26. The number of amides is 1. The number of ether oxygens (including phenoxy) is 2. The summed E-state index contributed by atoms with van der Waals surface area (Å²) in [5, 5.41) is 0. The van der Waals surface area contributed by atoms with Crippen molar-refractivity contribution in [2.45, 2.75) is 12.3 Å². The van der Waals surface area contributed by atoms with Gasteiger partial charge in [-0.15, -0.1) is 0 Å². The quantitative estimate of drug-likeness (QED) is 0.759. The van der Waals surface area contributed by atoms with Crippen LogP contribution in [0.4, 0.5) is 17.6 Å². The molecule has 27 heavy (non-hydrogen) atoms. The molecule has 1 unspecified atom stereocenters. The van der Waals surface area contributed by atoms with Crippen LogP contribution in [0.15, 0.2) is 42.6 Å². The van der Waals surface area contributed by atoms with Gasteiger partial charge in [-0.3, -0.25) is 4.79 Å². The number of rotatable bonds is 4. The lowest BCUT2D eigenvalue weighted by atomic mass is 10.1. The summed E-state index contributed by atoms with van der Waals surface area (Å²) in [5.41, 5.74) is 0.648. The zero-order chi connectivity index (χ0) is 19.4. The lowest BCUT2D eigenvalue weighted by Crippen LogP contribution is -2.42. The summed E-state index contributed by atoms with van der Waals surface area (Å²) in [7, 11) is 0. The third-order valence-corrected chi connectivity index (χ3v) is 3.97. The van der Waals surface area contributed by atoms with Crippen LogP contribution in [-0.2, 0) is 4.74 Å². The van der Waals surface area contributed by atoms with Gasteiger partial charge in [0.15, 0.2) is 6.61 Å². The Morgan fingerprint density at radius 2 is 2.00 bits per heavy atom. The number of benzene rings is 1. The summed E-state index contributed by atoms with van der Waals surface area (Å²) < 4.78 is 60.6. The number of nitrogens with zero attached hydrogens (tertiary/aromatic N) is 2. The molecule has 2 heterocycles. The van der Waals surface area contributed by atoms with Gasteiger partial charge in [-0.05, 0) is 29.8 Å². The molecular formula is C18H16F4N2O3. The first-order valence-corrected chi connectivity index (χ1v) is 8.14. The summed E-state index contributed by atoms with van der Waals surface area (Å²) in [4.78, 5) is 18.0. The highest BCUT2D eigenvalue weighted by Gasteiger charge is 2.31. The third-order valence-electron chi connectivity index (χ3n) is 3.97. The van der Waals surface area contributed by atoms with Crippen molar-refractivity contribution in [3.05, 3.63) is 59.5 Å². The average molecular weight is 384 g/mol. The summed E-state index contributed by atoms with van der Waals surface area (Å²) in [6.45, 7) is -0.847. The Kier molecular flexibility index (Phi) is 5.59. The Morgan fingerprint density at radius 1 is 1.26 bits per heavy atom. The maximum atomic E-state index is 13.1. The van der Waals surface area contributed by atoms with Crippen LogP contribution in [0, 0.1) is 5.82 Å². The van der Waals surface area contributed by atoms with E-state index < -0.39 is 24.8 Å². The molecule has 0 aliphatic carbocycles. The van der Waals surface area contributed by atoms with Gasteiger partial charge in [0.05, 0.1) is 13.2 Å². The summed E-state index contributed by atoms with van der Waals surface area (Å²) in [5.74, 6) is -1.26. The lowest BCUT2D eigenvalue weighted by Gasteiger charge is -2.33. The first-order chi connectivity index (χ1) is 12.8. The van der Waals surface area contributed by atoms with E-state index in [1.165, 1.54) is 35.4 Å². The van der Waals surface area contributed by atoms with E-state index in [0.29, 0.717) is 5.56 Å². The predicted molar refractivity (Wildman–Crippen MR) is 86.8 cm³/mol. The lowest BCUT2D eigenvalue weighted by molar-refractivity contribution is -0.154. The molecule has 0 bridgehead atoms. The molecule has 9 heteroatoms. The Balaban J connectivity index is 1.74. The molecule has 0 radical (unpaired) electrons. The Labute approximate surface area is 152 Å². The fourth-order valence-corrected chi connectivity index (χ4v) is 2.70. The van der Waals surface area contributed by atoms with Crippen LogP contribution in [0.5, 0.6) is 5.88 Å². The molecule has 0 saturated carbocycles. The van der Waals surface area contributed by atoms with E-state index in [4.69, 9.17) is 4.74 Å². The molecule has 1 fully saturated rings. The number of alkyl halides is 3. The number of morpholine rings is 1. The SMILES string of the molecule is O=C(c1cccnc1OCC(F)(F)F)N1CCOC(c2ccc(F)cc2)C1. The highest BCUT2D eigenvalue weighted by molar-refractivity contribution is 5.96. The van der Waals surface area contributed by atoms with Crippen molar-refractivity contribution in [2.75, 3.05) is 26.3 Å². The van der Waals surface area contributed by atoms with Gasteiger partial charge in [0.2, 0.25) is 5.88 Å². The minimum atomic E-state index is -4.54. The van der Waals surface area contributed by atoms with Gasteiger partial charge in [-0.2, -0.15) is 13.2 Å². The van der Waals surface area contributed by atoms with Crippen molar-refractivity contribution in [3.8, 4) is 5.88 Å². The molecule has 0 spiro atoms. The fourth-order valence-electron chi connectivity index (χ4n) is 2.70. The smallest absolute Gasteiger partial charge is 0.422 e. The number of pyridine rings is 1. The van der Waals surface area contributed by atoms with Crippen molar-refractivity contribution >= 4 is 5.91 Å². The average Bonchev–Trinajstić information content (AvgIpc) is 2.66. The number of halogens is 4. The summed E-state index contributed by atoms with van der Waals surface area (Å²) in [6.07, 6.45) is -3.74. The van der Waals surface area contributed by atoms with Gasteiger partial charge in [0, 0.05) is 12.7 Å². The van der Waals surface area contributed by atoms with Gasteiger partial charge in [-0.1, -0.05) is 12.1 Å². The van der Waals surface area contributed by atoms with Gasteiger partial charge >= 0.3 is 6.18 Å². The summed E-state index contributed by atoms with van der Waals surface area (Å²) >= 11 is 0. The molecule has 1 atom stereocenters. The minimum absolute atomic E-state index is 0.0542. The Hall–Kier alpha value is -2.68. The van der Waals surface area contributed by atoms with Crippen LogP contribution in [0.25, 0.3) is 0 Å². The van der Waals surface area contributed by atoms with Crippen LogP contribution < -0.4 is 4.74 Å². The number of hydrogen-bond acceptors (Lipinski definition) is 4. The predicted octanol–water partition coefficient (Wildman–Crippen LogP) is 3.38. The van der Waals surface area contributed by atoms with E-state index in [1.807, 2.05) is 0 Å². The maximum absolute atomic E-state index is 13.1.